The quantitative estimate of drug-likeness (QED) is 0.724. The molecule has 0 unspecified atom stereocenters. The Kier molecular flexibility index (Phi) is 2.82. The summed E-state index contributed by atoms with van der Waals surface area (Å²) in [6.45, 7) is -0.409. The summed E-state index contributed by atoms with van der Waals surface area (Å²) in [6, 6.07) is 4.79. The molecule has 0 bridgehead atoms. The predicted octanol–water partition coefficient (Wildman–Crippen LogP) is 0.417. The van der Waals surface area contributed by atoms with Gasteiger partial charge in [0, 0.05) is 0 Å². The van der Waals surface area contributed by atoms with Crippen LogP contribution in [0.25, 0.3) is 0 Å². The van der Waals surface area contributed by atoms with Gasteiger partial charge in [0.1, 0.15) is 17.5 Å². The van der Waals surface area contributed by atoms with Crippen LogP contribution >= 0.6 is 0 Å². The first-order valence-corrected chi connectivity index (χ1v) is 3.43. The van der Waals surface area contributed by atoms with Crippen molar-refractivity contribution in [2.24, 2.45) is 0 Å². The van der Waals surface area contributed by atoms with Gasteiger partial charge in [-0.1, -0.05) is 0 Å². The number of carboxylic acids is 1. The van der Waals surface area contributed by atoms with Crippen molar-refractivity contribution >= 4 is 5.97 Å². The van der Waals surface area contributed by atoms with Crippen molar-refractivity contribution in [3.8, 4) is 11.8 Å². The molecule has 1 aromatic heterocycles. The Morgan fingerprint density at radius 1 is 1.69 bits per heavy atom. The number of aliphatic carboxylic acids is 1. The van der Waals surface area contributed by atoms with Gasteiger partial charge >= 0.3 is 5.97 Å². The van der Waals surface area contributed by atoms with E-state index in [1.165, 1.54) is 18.3 Å². The van der Waals surface area contributed by atoms with E-state index in [0.717, 1.165) is 0 Å². The average Bonchev–Trinajstić information content (AvgIpc) is 2.15. The first-order valence-electron chi connectivity index (χ1n) is 3.43. The van der Waals surface area contributed by atoms with Crippen LogP contribution in [-0.4, -0.2) is 22.7 Å². The lowest BCUT2D eigenvalue weighted by atomic mass is 10.4. The van der Waals surface area contributed by atoms with Gasteiger partial charge in [0.15, 0.2) is 6.61 Å². The fraction of sp³-hybridized carbons (Fsp3) is 0.125. The van der Waals surface area contributed by atoms with Gasteiger partial charge in [-0.3, -0.25) is 0 Å². The number of carboxylic acid groups (broad SMARTS) is 1. The van der Waals surface area contributed by atoms with Crippen molar-refractivity contribution in [1.29, 1.82) is 5.26 Å². The summed E-state index contributed by atoms with van der Waals surface area (Å²) < 4.78 is 4.80. The number of nitrogens with zero attached hydrogens (tertiary/aromatic N) is 2. The molecule has 0 fully saturated rings. The number of nitriles is 1. The predicted molar refractivity (Wildman–Crippen MR) is 42.1 cm³/mol. The second kappa shape index (κ2) is 4.07. The van der Waals surface area contributed by atoms with E-state index in [9.17, 15) is 4.79 Å². The summed E-state index contributed by atoms with van der Waals surface area (Å²) in [5, 5.41) is 16.7. The zero-order valence-corrected chi connectivity index (χ0v) is 6.60. The molecule has 0 aromatic carbocycles. The summed E-state index contributed by atoms with van der Waals surface area (Å²) >= 11 is 0. The molecule has 0 atom stereocenters. The normalized spacial score (nSPS) is 8.85. The topological polar surface area (TPSA) is 83.2 Å². The number of hydrogen-bond donors (Lipinski definition) is 1. The summed E-state index contributed by atoms with van der Waals surface area (Å²) in [5.74, 6) is -0.717. The van der Waals surface area contributed by atoms with Crippen LogP contribution in [0.2, 0.25) is 0 Å². The molecule has 0 aliphatic heterocycles. The van der Waals surface area contributed by atoms with Crippen LogP contribution < -0.4 is 4.74 Å². The molecule has 1 rings (SSSR count). The lowest BCUT2D eigenvalue weighted by molar-refractivity contribution is -0.139. The second-order valence-electron chi connectivity index (χ2n) is 2.17. The van der Waals surface area contributed by atoms with Gasteiger partial charge in [-0.2, -0.15) is 5.26 Å². The second-order valence-corrected chi connectivity index (χ2v) is 2.17. The maximum absolute atomic E-state index is 10.1. The Labute approximate surface area is 74.2 Å². The maximum atomic E-state index is 10.1. The van der Waals surface area contributed by atoms with Crippen molar-refractivity contribution in [3.63, 3.8) is 0 Å². The third-order valence-electron chi connectivity index (χ3n) is 1.21. The highest BCUT2D eigenvalue weighted by Crippen LogP contribution is 2.07. The third-order valence-corrected chi connectivity index (χ3v) is 1.21. The summed E-state index contributed by atoms with van der Waals surface area (Å²) in [6.07, 6.45) is 1.31. The molecule has 1 N–H and O–H groups in total. The molecule has 0 aliphatic rings. The standard InChI is InChI=1S/C8H6N2O3/c9-3-6-1-2-7(4-10-6)13-5-8(11)12/h1-2,4H,5H2,(H,11,12). The lowest BCUT2D eigenvalue weighted by Gasteiger charge is -2.00. The molecule has 5 nitrogen and oxygen atoms in total. The Balaban J connectivity index is 2.60. The van der Waals surface area contributed by atoms with E-state index in [0.29, 0.717) is 5.75 Å². The van der Waals surface area contributed by atoms with Crippen molar-refractivity contribution in [2.45, 2.75) is 0 Å². The Hall–Kier alpha value is -2.09. The van der Waals surface area contributed by atoms with Crippen molar-refractivity contribution in [1.82, 2.24) is 4.98 Å². The van der Waals surface area contributed by atoms with E-state index in [1.807, 2.05) is 6.07 Å². The van der Waals surface area contributed by atoms with E-state index in [-0.39, 0.29) is 5.69 Å². The fourth-order valence-corrected chi connectivity index (χ4v) is 0.677. The maximum Gasteiger partial charge on any atom is 0.341 e. The molecule has 0 saturated heterocycles. The zero-order chi connectivity index (χ0) is 9.68. The highest BCUT2D eigenvalue weighted by Gasteiger charge is 1.99. The Morgan fingerprint density at radius 3 is 2.92 bits per heavy atom. The van der Waals surface area contributed by atoms with Crippen molar-refractivity contribution < 1.29 is 14.6 Å². The van der Waals surface area contributed by atoms with Gasteiger partial charge < -0.3 is 9.84 Å². The van der Waals surface area contributed by atoms with Crippen LogP contribution in [0.1, 0.15) is 5.69 Å². The molecule has 0 aliphatic carbocycles. The van der Waals surface area contributed by atoms with Gasteiger partial charge in [-0.05, 0) is 12.1 Å². The van der Waals surface area contributed by atoms with Crippen LogP contribution in [-0.2, 0) is 4.79 Å². The summed E-state index contributed by atoms with van der Waals surface area (Å²) in [7, 11) is 0. The average molecular weight is 178 g/mol. The molecule has 1 heterocycles. The summed E-state index contributed by atoms with van der Waals surface area (Å²) in [4.78, 5) is 13.8. The van der Waals surface area contributed by atoms with E-state index in [4.69, 9.17) is 15.1 Å². The largest absolute Gasteiger partial charge is 0.480 e. The van der Waals surface area contributed by atoms with E-state index in [2.05, 4.69) is 4.98 Å². The minimum absolute atomic E-state index is 0.266. The first-order chi connectivity index (χ1) is 6.22. The molecule has 1 aromatic rings. The number of ether oxygens (including phenoxy) is 1. The first kappa shape index (κ1) is 9.00. The van der Waals surface area contributed by atoms with Gasteiger partial charge in [0.05, 0.1) is 6.20 Å². The molecule has 0 saturated carbocycles. The van der Waals surface area contributed by atoms with Crippen LogP contribution in [0.5, 0.6) is 5.75 Å². The van der Waals surface area contributed by atoms with Crippen LogP contribution in [0, 0.1) is 11.3 Å². The Morgan fingerprint density at radius 2 is 2.46 bits per heavy atom. The fourth-order valence-electron chi connectivity index (χ4n) is 0.677. The molecule has 66 valence electrons. The monoisotopic (exact) mass is 178 g/mol. The number of carbonyl (C=O) groups is 1. The molecular formula is C8H6N2O3. The van der Waals surface area contributed by atoms with Gasteiger partial charge in [-0.15, -0.1) is 0 Å². The highest BCUT2D eigenvalue weighted by molar-refractivity contribution is 5.68. The number of aromatic nitrogens is 1. The van der Waals surface area contributed by atoms with Crippen molar-refractivity contribution in [2.75, 3.05) is 6.61 Å². The van der Waals surface area contributed by atoms with E-state index >= 15 is 0 Å². The smallest absolute Gasteiger partial charge is 0.341 e. The molecular weight excluding hydrogens is 172 g/mol. The number of rotatable bonds is 3. The molecule has 0 amide bonds. The van der Waals surface area contributed by atoms with Gasteiger partial charge in [0.25, 0.3) is 0 Å². The highest BCUT2D eigenvalue weighted by atomic mass is 16.5. The number of pyridine rings is 1. The number of hydrogen-bond acceptors (Lipinski definition) is 4. The van der Waals surface area contributed by atoms with Crippen molar-refractivity contribution in [3.05, 3.63) is 24.0 Å². The van der Waals surface area contributed by atoms with E-state index < -0.39 is 12.6 Å². The van der Waals surface area contributed by atoms with Crippen LogP contribution in [0.4, 0.5) is 0 Å². The molecule has 5 heteroatoms. The summed E-state index contributed by atoms with van der Waals surface area (Å²) in [5.41, 5.74) is 0.266. The lowest BCUT2D eigenvalue weighted by Crippen LogP contribution is -2.09. The van der Waals surface area contributed by atoms with Gasteiger partial charge in [-0.25, -0.2) is 9.78 Å². The van der Waals surface area contributed by atoms with Gasteiger partial charge in [0.2, 0.25) is 0 Å². The SMILES string of the molecule is N#Cc1ccc(OCC(=O)O)cn1. The van der Waals surface area contributed by atoms with E-state index in [1.54, 1.807) is 0 Å². The Bertz CT molecular complexity index is 339. The molecule has 0 spiro atoms. The molecule has 0 radical (unpaired) electrons. The van der Waals surface area contributed by atoms with Crippen LogP contribution in [0.15, 0.2) is 18.3 Å². The minimum Gasteiger partial charge on any atom is -0.480 e. The molecule has 13 heavy (non-hydrogen) atoms. The van der Waals surface area contributed by atoms with Crippen LogP contribution in [0.3, 0.4) is 0 Å². The third kappa shape index (κ3) is 2.79. The zero-order valence-electron chi connectivity index (χ0n) is 6.60. The minimum atomic E-state index is -1.05.